The number of aliphatic hydroxyl groups is 2. The van der Waals surface area contributed by atoms with Gasteiger partial charge in [0, 0.05) is 6.42 Å². The molecule has 0 spiro atoms. The average Bonchev–Trinajstić information content (AvgIpc) is 3.25. The Kier molecular flexibility index (Phi) is 8.18. The molecule has 0 radical (unpaired) electrons. The lowest BCUT2D eigenvalue weighted by molar-refractivity contribution is -0.174. The van der Waals surface area contributed by atoms with Crippen LogP contribution in [0.15, 0.2) is 30.3 Å². The summed E-state index contributed by atoms with van der Waals surface area (Å²) in [4.78, 5) is 24.4. The number of nitrogens with one attached hydrogen (secondary N) is 1. The smallest absolute Gasteiger partial charge is 0.305 e. The van der Waals surface area contributed by atoms with E-state index >= 15 is 0 Å². The molecule has 1 unspecified atom stereocenters. The molecule has 5 rings (SSSR count). The molecular weight excluding hydrogens is 490 g/mol. The van der Waals surface area contributed by atoms with Crippen LogP contribution in [0.5, 0.6) is 0 Å². The number of amides is 1. The van der Waals surface area contributed by atoms with E-state index < -0.39 is 12.0 Å². The minimum absolute atomic E-state index is 0.0819. The first kappa shape index (κ1) is 28.6. The van der Waals surface area contributed by atoms with Crippen molar-refractivity contribution in [2.75, 3.05) is 0 Å². The number of aliphatic carboxylic acids is 1. The van der Waals surface area contributed by atoms with E-state index in [1.54, 1.807) is 0 Å². The number of carbonyl (C=O) groups is 2. The molecule has 1 aromatic rings. The monoisotopic (exact) mass is 539 g/mol. The Balaban J connectivity index is 1.22. The van der Waals surface area contributed by atoms with Crippen molar-refractivity contribution in [3.63, 3.8) is 0 Å². The van der Waals surface area contributed by atoms with Gasteiger partial charge in [-0.15, -0.1) is 0 Å². The summed E-state index contributed by atoms with van der Waals surface area (Å²) in [6.07, 6.45) is 8.91. The van der Waals surface area contributed by atoms with Crippen molar-refractivity contribution in [3.8, 4) is 0 Å². The lowest BCUT2D eigenvalue weighted by Crippen LogP contribution is -2.58. The zero-order valence-electron chi connectivity index (χ0n) is 24.0. The molecule has 0 aliphatic heterocycles. The number of fused-ring (bicyclic) bond motifs is 5. The molecule has 0 aromatic heterocycles. The molecule has 4 aliphatic carbocycles. The fourth-order valence-corrected chi connectivity index (χ4v) is 10.1. The second-order valence-electron chi connectivity index (χ2n) is 14.1. The van der Waals surface area contributed by atoms with Crippen LogP contribution in [0, 0.1) is 46.3 Å². The highest BCUT2D eigenvalue weighted by atomic mass is 16.4. The van der Waals surface area contributed by atoms with Crippen molar-refractivity contribution in [2.45, 2.75) is 110 Å². The Morgan fingerprint density at radius 1 is 0.974 bits per heavy atom. The highest BCUT2D eigenvalue weighted by molar-refractivity contribution is 5.77. The summed E-state index contributed by atoms with van der Waals surface area (Å²) in [5.41, 5.74) is 1.24. The van der Waals surface area contributed by atoms with Gasteiger partial charge in [-0.3, -0.25) is 9.59 Å². The fourth-order valence-electron chi connectivity index (χ4n) is 10.1. The first-order chi connectivity index (χ1) is 18.5. The normalized spacial score (nSPS) is 41.0. The Hall–Kier alpha value is -1.92. The second-order valence-corrected chi connectivity index (χ2v) is 14.1. The molecule has 4 saturated carbocycles. The number of carbonyl (C=O) groups excluding carboxylic acids is 1. The molecule has 216 valence electrons. The van der Waals surface area contributed by atoms with Crippen molar-refractivity contribution >= 4 is 11.9 Å². The zero-order chi connectivity index (χ0) is 27.9. The van der Waals surface area contributed by atoms with E-state index in [0.717, 1.165) is 56.9 Å². The minimum atomic E-state index is -0.924. The average molecular weight is 540 g/mol. The summed E-state index contributed by atoms with van der Waals surface area (Å²) < 4.78 is 0. The third-order valence-corrected chi connectivity index (χ3v) is 12.2. The number of aliphatic hydroxyl groups excluding tert-OH is 2. The maximum absolute atomic E-state index is 13.0. The maximum atomic E-state index is 13.0. The third-order valence-electron chi connectivity index (χ3n) is 12.2. The minimum Gasteiger partial charge on any atom is -0.481 e. The molecule has 1 aromatic carbocycles. The molecule has 6 nitrogen and oxygen atoms in total. The van der Waals surface area contributed by atoms with Gasteiger partial charge in [-0.25, -0.2) is 0 Å². The highest BCUT2D eigenvalue weighted by Gasteiger charge is 2.62. The van der Waals surface area contributed by atoms with E-state index in [0.29, 0.717) is 41.9 Å². The molecule has 0 bridgehead atoms. The van der Waals surface area contributed by atoms with Crippen LogP contribution < -0.4 is 5.32 Å². The van der Waals surface area contributed by atoms with Crippen LogP contribution in [-0.2, 0) is 9.59 Å². The van der Waals surface area contributed by atoms with E-state index in [9.17, 15) is 24.9 Å². The predicted octanol–water partition coefficient (Wildman–Crippen LogP) is 5.73. The number of carboxylic acids is 1. The molecule has 4 fully saturated rings. The van der Waals surface area contributed by atoms with Gasteiger partial charge in [-0.05, 0) is 110 Å². The molecule has 0 saturated heterocycles. The number of hydrogen-bond acceptors (Lipinski definition) is 4. The van der Waals surface area contributed by atoms with Crippen molar-refractivity contribution in [1.29, 1.82) is 0 Å². The second kappa shape index (κ2) is 11.2. The van der Waals surface area contributed by atoms with E-state index in [-0.39, 0.29) is 35.4 Å². The standard InChI is InChI=1S/C33H49NO5/c1-20(9-12-29(37)34-27(19-30(38)39)21-7-5-4-6-8-21)24-10-11-25-31-26(14-16-33(24,25)3)32(2)15-13-23(35)17-22(32)18-28(31)36/h4-8,20,22-28,31,35-36H,9-19H2,1-3H3,(H,34,37)(H,38,39)/t20-,22+,23-,24-,25+,26+,27?,28+,31+,32+,33-/m1/s1. The molecule has 39 heavy (non-hydrogen) atoms. The number of rotatable bonds is 8. The van der Waals surface area contributed by atoms with Crippen molar-refractivity contribution in [1.82, 2.24) is 5.32 Å². The Morgan fingerprint density at radius 3 is 2.38 bits per heavy atom. The summed E-state index contributed by atoms with van der Waals surface area (Å²) in [6, 6.07) is 8.83. The third kappa shape index (κ3) is 5.40. The van der Waals surface area contributed by atoms with E-state index in [4.69, 9.17) is 0 Å². The van der Waals surface area contributed by atoms with E-state index in [2.05, 4.69) is 26.1 Å². The maximum Gasteiger partial charge on any atom is 0.305 e. The topological polar surface area (TPSA) is 107 Å². The van der Waals surface area contributed by atoms with Crippen molar-refractivity contribution < 1.29 is 24.9 Å². The van der Waals surface area contributed by atoms with Crippen LogP contribution >= 0.6 is 0 Å². The van der Waals surface area contributed by atoms with Crippen LogP contribution in [0.1, 0.15) is 103 Å². The van der Waals surface area contributed by atoms with Crippen LogP contribution in [0.4, 0.5) is 0 Å². The number of hydrogen-bond donors (Lipinski definition) is 4. The number of carboxylic acid groups (broad SMARTS) is 1. The summed E-state index contributed by atoms with van der Waals surface area (Å²) in [5.74, 6) is 1.77. The van der Waals surface area contributed by atoms with E-state index in [1.807, 2.05) is 30.3 Å². The number of benzene rings is 1. The Morgan fingerprint density at radius 2 is 1.67 bits per heavy atom. The molecule has 1 amide bonds. The Labute approximate surface area is 234 Å². The van der Waals surface area contributed by atoms with Crippen LogP contribution in [-0.4, -0.2) is 39.4 Å². The first-order valence-corrected chi connectivity index (χ1v) is 15.4. The van der Waals surface area contributed by atoms with Gasteiger partial charge in [-0.2, -0.15) is 0 Å². The molecule has 4 N–H and O–H groups in total. The summed E-state index contributed by atoms with van der Waals surface area (Å²) in [5, 5.41) is 34.2. The first-order valence-electron chi connectivity index (χ1n) is 15.4. The molecule has 11 atom stereocenters. The highest BCUT2D eigenvalue weighted by Crippen LogP contribution is 2.68. The zero-order valence-corrected chi connectivity index (χ0v) is 24.0. The Bertz CT molecular complexity index is 1030. The van der Waals surface area contributed by atoms with Crippen molar-refractivity contribution in [3.05, 3.63) is 35.9 Å². The summed E-state index contributed by atoms with van der Waals surface area (Å²) in [7, 11) is 0. The van der Waals surface area contributed by atoms with Gasteiger partial charge in [0.05, 0.1) is 24.7 Å². The SMILES string of the molecule is C[C@H](CCC(=O)NC(CC(=O)O)c1ccccc1)[C@H]1CC[C@H]2[C@@H]3[C@@H](O)C[C@@H]4C[C@H](O)CC[C@]4(C)[C@H]3CC[C@]12C. The van der Waals surface area contributed by atoms with Gasteiger partial charge >= 0.3 is 5.97 Å². The van der Waals surface area contributed by atoms with Gasteiger partial charge in [0.15, 0.2) is 0 Å². The van der Waals surface area contributed by atoms with Gasteiger partial charge < -0.3 is 20.6 Å². The quantitative estimate of drug-likeness (QED) is 0.338. The summed E-state index contributed by atoms with van der Waals surface area (Å²) in [6.45, 7) is 7.21. The van der Waals surface area contributed by atoms with Gasteiger partial charge in [0.25, 0.3) is 0 Å². The van der Waals surface area contributed by atoms with E-state index in [1.165, 1.54) is 6.42 Å². The van der Waals surface area contributed by atoms with Crippen molar-refractivity contribution in [2.24, 2.45) is 46.3 Å². The lowest BCUT2D eigenvalue weighted by atomic mass is 9.43. The van der Waals surface area contributed by atoms with Crippen LogP contribution in [0.3, 0.4) is 0 Å². The molecule has 4 aliphatic rings. The van der Waals surface area contributed by atoms with Crippen LogP contribution in [0.2, 0.25) is 0 Å². The van der Waals surface area contributed by atoms with Gasteiger partial charge in [-0.1, -0.05) is 51.1 Å². The molecule has 6 heteroatoms. The lowest BCUT2D eigenvalue weighted by Gasteiger charge is -2.62. The van der Waals surface area contributed by atoms with Gasteiger partial charge in [0.1, 0.15) is 0 Å². The predicted molar refractivity (Wildman–Crippen MR) is 151 cm³/mol. The largest absolute Gasteiger partial charge is 0.481 e. The fraction of sp³-hybridized carbons (Fsp3) is 0.758. The van der Waals surface area contributed by atoms with Crippen LogP contribution in [0.25, 0.3) is 0 Å². The molecule has 0 heterocycles. The molecular formula is C33H49NO5. The van der Waals surface area contributed by atoms with Gasteiger partial charge in [0.2, 0.25) is 5.91 Å². The summed E-state index contributed by atoms with van der Waals surface area (Å²) >= 11 is 0.